The van der Waals surface area contributed by atoms with E-state index in [1.807, 2.05) is 6.92 Å². The lowest BCUT2D eigenvalue weighted by atomic mass is 10.1. The van der Waals surface area contributed by atoms with Gasteiger partial charge in [0.15, 0.2) is 0 Å². The summed E-state index contributed by atoms with van der Waals surface area (Å²) in [4.78, 5) is 11.4. The van der Waals surface area contributed by atoms with Crippen molar-refractivity contribution in [3.05, 3.63) is 11.6 Å². The van der Waals surface area contributed by atoms with E-state index in [-0.39, 0.29) is 23.9 Å². The van der Waals surface area contributed by atoms with Gasteiger partial charge in [-0.2, -0.15) is 0 Å². The van der Waals surface area contributed by atoms with Crippen molar-refractivity contribution in [1.82, 2.24) is 0 Å². The molecule has 0 amide bonds. The fraction of sp³-hybridized carbons (Fsp3) is 0.812. The van der Waals surface area contributed by atoms with E-state index in [4.69, 9.17) is 9.47 Å². The minimum atomic E-state index is -0.0317. The summed E-state index contributed by atoms with van der Waals surface area (Å²) < 4.78 is 11.1. The van der Waals surface area contributed by atoms with Crippen molar-refractivity contribution in [3.63, 3.8) is 0 Å². The van der Waals surface area contributed by atoms with Crippen LogP contribution < -0.4 is 0 Å². The molecule has 0 radical (unpaired) electrons. The minimum Gasteiger partial charge on any atom is -0.465 e. The van der Waals surface area contributed by atoms with Crippen molar-refractivity contribution in [1.29, 1.82) is 0 Å². The van der Waals surface area contributed by atoms with Crippen LogP contribution in [0.3, 0.4) is 0 Å². The van der Waals surface area contributed by atoms with Crippen LogP contribution in [0, 0.1) is 17.8 Å². The maximum absolute atomic E-state index is 11.4. The molecule has 0 aromatic carbocycles. The number of hydrogen-bond acceptors (Lipinski definition) is 3. The highest BCUT2D eigenvalue weighted by Crippen LogP contribution is 2.30. The molecular weight excluding hydrogens is 240 g/mol. The topological polar surface area (TPSA) is 35.5 Å². The average molecular weight is 268 g/mol. The normalized spacial score (nSPS) is 19.4. The molecular formula is C16H28O3. The van der Waals surface area contributed by atoms with Crippen LogP contribution in [0.1, 0.15) is 47.5 Å². The molecule has 19 heavy (non-hydrogen) atoms. The number of carbonyl (C=O) groups is 1. The number of esters is 1. The fourth-order valence-electron chi connectivity index (χ4n) is 1.81. The van der Waals surface area contributed by atoms with E-state index in [1.54, 1.807) is 0 Å². The summed E-state index contributed by atoms with van der Waals surface area (Å²) in [5.74, 6) is 0.944. The summed E-state index contributed by atoms with van der Waals surface area (Å²) in [6.07, 6.45) is 4.35. The molecule has 1 saturated carbocycles. The predicted molar refractivity (Wildman–Crippen MR) is 76.9 cm³/mol. The van der Waals surface area contributed by atoms with Crippen LogP contribution in [-0.4, -0.2) is 25.3 Å². The largest absolute Gasteiger partial charge is 0.465 e. The summed E-state index contributed by atoms with van der Waals surface area (Å²) in [6, 6.07) is 0. The van der Waals surface area contributed by atoms with E-state index in [0.717, 1.165) is 12.8 Å². The van der Waals surface area contributed by atoms with Gasteiger partial charge >= 0.3 is 5.97 Å². The van der Waals surface area contributed by atoms with Crippen LogP contribution in [0.2, 0.25) is 0 Å². The SMILES string of the molecule is C/C(=C\C(C)C)C(C)OCC(C)COC(=O)C1CC1. The number of rotatable bonds is 8. The first kappa shape index (κ1) is 16.2. The Morgan fingerprint density at radius 3 is 2.37 bits per heavy atom. The summed E-state index contributed by atoms with van der Waals surface area (Å²) in [5.41, 5.74) is 1.26. The zero-order valence-corrected chi connectivity index (χ0v) is 12.9. The lowest BCUT2D eigenvalue weighted by Crippen LogP contribution is -2.20. The van der Waals surface area contributed by atoms with Crippen LogP contribution in [0.15, 0.2) is 11.6 Å². The second-order valence-corrected chi connectivity index (χ2v) is 6.14. The maximum Gasteiger partial charge on any atom is 0.308 e. The number of allylic oxidation sites excluding steroid dienone is 1. The summed E-state index contributed by atoms with van der Waals surface area (Å²) in [7, 11) is 0. The van der Waals surface area contributed by atoms with E-state index in [0.29, 0.717) is 19.1 Å². The van der Waals surface area contributed by atoms with Gasteiger partial charge in [0.2, 0.25) is 0 Å². The van der Waals surface area contributed by atoms with Crippen molar-refractivity contribution >= 4 is 5.97 Å². The van der Waals surface area contributed by atoms with Gasteiger partial charge in [0.1, 0.15) is 0 Å². The number of hydrogen-bond donors (Lipinski definition) is 0. The van der Waals surface area contributed by atoms with Gasteiger partial charge < -0.3 is 9.47 Å². The molecule has 2 atom stereocenters. The molecule has 3 nitrogen and oxygen atoms in total. The van der Waals surface area contributed by atoms with Gasteiger partial charge in [0.25, 0.3) is 0 Å². The Morgan fingerprint density at radius 1 is 1.21 bits per heavy atom. The third kappa shape index (κ3) is 6.76. The molecule has 1 aliphatic carbocycles. The fourth-order valence-corrected chi connectivity index (χ4v) is 1.81. The Bertz CT molecular complexity index is 316. The molecule has 0 aliphatic heterocycles. The second-order valence-electron chi connectivity index (χ2n) is 6.14. The van der Waals surface area contributed by atoms with Crippen LogP contribution in [0.5, 0.6) is 0 Å². The zero-order valence-electron chi connectivity index (χ0n) is 12.9. The molecule has 0 aromatic heterocycles. The first-order valence-corrected chi connectivity index (χ1v) is 7.36. The Morgan fingerprint density at radius 2 is 1.84 bits per heavy atom. The number of carbonyl (C=O) groups excluding carboxylic acids is 1. The summed E-state index contributed by atoms with van der Waals surface area (Å²) in [6.45, 7) is 11.6. The molecule has 0 heterocycles. The van der Waals surface area contributed by atoms with E-state index in [2.05, 4.69) is 33.8 Å². The smallest absolute Gasteiger partial charge is 0.308 e. The third-order valence-electron chi connectivity index (χ3n) is 3.29. The lowest BCUT2D eigenvalue weighted by Gasteiger charge is -2.18. The molecule has 1 rings (SSSR count). The molecule has 3 heteroatoms. The molecule has 1 fully saturated rings. The van der Waals surface area contributed by atoms with Gasteiger partial charge in [-0.3, -0.25) is 4.79 Å². The van der Waals surface area contributed by atoms with Crippen LogP contribution >= 0.6 is 0 Å². The molecule has 1 aliphatic rings. The van der Waals surface area contributed by atoms with Crippen LogP contribution in [0.4, 0.5) is 0 Å². The number of ether oxygens (including phenoxy) is 2. The Hall–Kier alpha value is -0.830. The van der Waals surface area contributed by atoms with E-state index in [9.17, 15) is 4.79 Å². The van der Waals surface area contributed by atoms with E-state index in [1.165, 1.54) is 5.57 Å². The van der Waals surface area contributed by atoms with Crippen molar-refractivity contribution in [2.24, 2.45) is 17.8 Å². The van der Waals surface area contributed by atoms with Gasteiger partial charge in [-0.1, -0.05) is 26.8 Å². The standard InChI is InChI=1S/C16H28O3/c1-11(2)8-13(4)14(5)18-9-12(3)10-19-16(17)15-6-7-15/h8,11-12,14-15H,6-7,9-10H2,1-5H3/b13-8+. The minimum absolute atomic E-state index is 0.0317. The zero-order chi connectivity index (χ0) is 14.4. The van der Waals surface area contributed by atoms with Gasteiger partial charge in [0, 0.05) is 5.92 Å². The highest BCUT2D eigenvalue weighted by Gasteiger charge is 2.31. The van der Waals surface area contributed by atoms with Crippen molar-refractivity contribution in [3.8, 4) is 0 Å². The molecule has 0 N–H and O–H groups in total. The van der Waals surface area contributed by atoms with Gasteiger partial charge in [-0.15, -0.1) is 0 Å². The molecule has 0 saturated heterocycles. The van der Waals surface area contributed by atoms with E-state index < -0.39 is 0 Å². The molecule has 0 spiro atoms. The highest BCUT2D eigenvalue weighted by atomic mass is 16.5. The lowest BCUT2D eigenvalue weighted by molar-refractivity contribution is -0.147. The van der Waals surface area contributed by atoms with Crippen molar-refractivity contribution in [2.45, 2.75) is 53.6 Å². The maximum atomic E-state index is 11.4. The van der Waals surface area contributed by atoms with Gasteiger partial charge in [-0.05, 0) is 38.2 Å². The average Bonchev–Trinajstić information content (AvgIpc) is 3.16. The first-order valence-electron chi connectivity index (χ1n) is 7.36. The molecule has 0 aromatic rings. The summed E-state index contributed by atoms with van der Waals surface area (Å²) >= 11 is 0. The molecule has 2 unspecified atom stereocenters. The Balaban J connectivity index is 2.17. The summed E-state index contributed by atoms with van der Waals surface area (Å²) in [5, 5.41) is 0. The van der Waals surface area contributed by atoms with Gasteiger partial charge in [0.05, 0.1) is 25.2 Å². The van der Waals surface area contributed by atoms with Gasteiger partial charge in [-0.25, -0.2) is 0 Å². The third-order valence-corrected chi connectivity index (χ3v) is 3.29. The molecule has 110 valence electrons. The Kier molecular flexibility index (Phi) is 6.56. The second kappa shape index (κ2) is 7.68. The predicted octanol–water partition coefficient (Wildman–Crippen LogP) is 3.58. The highest BCUT2D eigenvalue weighted by molar-refractivity contribution is 5.74. The van der Waals surface area contributed by atoms with Crippen LogP contribution in [-0.2, 0) is 14.3 Å². The molecule has 0 bridgehead atoms. The Labute approximate surface area is 117 Å². The first-order chi connectivity index (χ1) is 8.90. The quantitative estimate of drug-likeness (QED) is 0.498. The van der Waals surface area contributed by atoms with Crippen LogP contribution in [0.25, 0.3) is 0 Å². The van der Waals surface area contributed by atoms with E-state index >= 15 is 0 Å². The monoisotopic (exact) mass is 268 g/mol. The van der Waals surface area contributed by atoms with Crippen molar-refractivity contribution < 1.29 is 14.3 Å². The van der Waals surface area contributed by atoms with Crippen molar-refractivity contribution in [2.75, 3.05) is 13.2 Å².